The van der Waals surface area contributed by atoms with E-state index in [9.17, 15) is 13.2 Å². The summed E-state index contributed by atoms with van der Waals surface area (Å²) in [5, 5.41) is 4.23. The quantitative estimate of drug-likeness (QED) is 0.211. The lowest BCUT2D eigenvalue weighted by molar-refractivity contribution is 0.0981. The molecule has 5 rings (SSSR count). The van der Waals surface area contributed by atoms with Crippen molar-refractivity contribution in [1.82, 2.24) is 4.72 Å². The van der Waals surface area contributed by atoms with Crippen LogP contribution >= 0.6 is 34.3 Å². The second-order valence-electron chi connectivity index (χ2n) is 8.02. The predicted octanol–water partition coefficient (Wildman–Crippen LogP) is 7.49. The van der Waals surface area contributed by atoms with Gasteiger partial charge < -0.3 is 4.74 Å². The molecule has 9 heteroatoms. The first-order chi connectivity index (χ1) is 17.9. The monoisotopic (exact) mass is 565 g/mol. The number of thiophene rings is 2. The molecule has 5 nitrogen and oxygen atoms in total. The first-order valence-electron chi connectivity index (χ1n) is 11.2. The summed E-state index contributed by atoms with van der Waals surface area (Å²) < 4.78 is 33.2. The summed E-state index contributed by atoms with van der Waals surface area (Å²) in [7, 11) is -3.90. The van der Waals surface area contributed by atoms with Crippen molar-refractivity contribution in [1.29, 1.82) is 0 Å². The van der Waals surface area contributed by atoms with Gasteiger partial charge in [-0.1, -0.05) is 60.1 Å². The third kappa shape index (κ3) is 5.78. The summed E-state index contributed by atoms with van der Waals surface area (Å²) in [4.78, 5) is 13.6. The van der Waals surface area contributed by atoms with E-state index >= 15 is 0 Å². The molecular formula is C28H20ClNO4S3. The molecule has 0 aliphatic rings. The van der Waals surface area contributed by atoms with Crippen LogP contribution in [0.3, 0.4) is 0 Å². The maximum atomic E-state index is 12.6. The van der Waals surface area contributed by atoms with Crippen LogP contribution in [0.4, 0.5) is 0 Å². The number of sulfonamides is 1. The SMILES string of the molecule is O=C(NS(=O)(=O)c1cccs1)c1ccc(-c2sccc2-c2cc(Cl)ccc2OCc2ccccc2)cc1. The molecule has 0 spiro atoms. The lowest BCUT2D eigenvalue weighted by Crippen LogP contribution is -2.29. The van der Waals surface area contributed by atoms with E-state index in [2.05, 4.69) is 4.72 Å². The van der Waals surface area contributed by atoms with E-state index in [0.29, 0.717) is 17.4 Å². The Morgan fingerprint density at radius 3 is 2.35 bits per heavy atom. The first kappa shape index (κ1) is 25.2. The highest BCUT2D eigenvalue weighted by Gasteiger charge is 2.20. The Labute approximate surface area is 228 Å². The second-order valence-corrected chi connectivity index (χ2v) is 12.2. The average Bonchev–Trinajstić information content (AvgIpc) is 3.62. The van der Waals surface area contributed by atoms with Gasteiger partial charge in [-0.25, -0.2) is 13.1 Å². The number of nitrogens with one attached hydrogen (secondary N) is 1. The molecule has 0 unspecified atom stereocenters. The van der Waals surface area contributed by atoms with Crippen LogP contribution in [0.5, 0.6) is 5.75 Å². The largest absolute Gasteiger partial charge is 0.488 e. The van der Waals surface area contributed by atoms with E-state index < -0.39 is 15.9 Å². The Morgan fingerprint density at radius 2 is 1.62 bits per heavy atom. The van der Waals surface area contributed by atoms with E-state index in [1.165, 1.54) is 6.07 Å². The minimum absolute atomic E-state index is 0.0903. The summed E-state index contributed by atoms with van der Waals surface area (Å²) in [5.74, 6) is 0.0282. The number of hydrogen-bond acceptors (Lipinski definition) is 6. The molecule has 0 bridgehead atoms. The molecule has 0 aliphatic carbocycles. The van der Waals surface area contributed by atoms with Gasteiger partial charge in [0, 0.05) is 26.6 Å². The number of rotatable bonds is 8. The highest BCUT2D eigenvalue weighted by molar-refractivity contribution is 7.92. The number of amides is 1. The normalized spacial score (nSPS) is 11.3. The van der Waals surface area contributed by atoms with Crippen molar-refractivity contribution in [3.8, 4) is 27.3 Å². The fraction of sp³-hybridized carbons (Fsp3) is 0.0357. The van der Waals surface area contributed by atoms with Gasteiger partial charge in [0.2, 0.25) is 0 Å². The smallest absolute Gasteiger partial charge is 0.273 e. The first-order valence-corrected chi connectivity index (χ1v) is 14.8. The van der Waals surface area contributed by atoms with Gasteiger partial charge in [-0.3, -0.25) is 4.79 Å². The zero-order valence-corrected chi connectivity index (χ0v) is 22.5. The zero-order valence-electron chi connectivity index (χ0n) is 19.3. The van der Waals surface area contributed by atoms with Gasteiger partial charge >= 0.3 is 0 Å². The van der Waals surface area contributed by atoms with Crippen molar-refractivity contribution in [3.05, 3.63) is 118 Å². The third-order valence-corrected chi connectivity index (χ3v) is 9.46. The molecule has 2 aromatic heterocycles. The maximum Gasteiger partial charge on any atom is 0.273 e. The Balaban J connectivity index is 1.39. The zero-order chi connectivity index (χ0) is 25.8. The Bertz CT molecular complexity index is 1630. The second kappa shape index (κ2) is 10.9. The van der Waals surface area contributed by atoms with Crippen molar-refractivity contribution in [2.75, 3.05) is 0 Å². The van der Waals surface area contributed by atoms with Crippen molar-refractivity contribution in [2.45, 2.75) is 10.8 Å². The van der Waals surface area contributed by atoms with Crippen molar-refractivity contribution in [3.63, 3.8) is 0 Å². The Morgan fingerprint density at radius 1 is 0.838 bits per heavy atom. The third-order valence-electron chi connectivity index (χ3n) is 5.53. The maximum absolute atomic E-state index is 12.6. The number of ether oxygens (including phenoxy) is 1. The molecule has 0 radical (unpaired) electrons. The van der Waals surface area contributed by atoms with Crippen LogP contribution in [0, 0.1) is 0 Å². The van der Waals surface area contributed by atoms with Gasteiger partial charge in [0.05, 0.1) is 0 Å². The van der Waals surface area contributed by atoms with Crippen LogP contribution < -0.4 is 9.46 Å². The van der Waals surface area contributed by atoms with Crippen LogP contribution in [0.1, 0.15) is 15.9 Å². The summed E-state index contributed by atoms with van der Waals surface area (Å²) in [6, 6.07) is 27.4. The summed E-state index contributed by atoms with van der Waals surface area (Å²) in [5.41, 5.74) is 4.01. The predicted molar refractivity (Wildman–Crippen MR) is 150 cm³/mol. The lowest BCUT2D eigenvalue weighted by Gasteiger charge is -2.13. The van der Waals surface area contributed by atoms with Gasteiger partial charge in [-0.05, 0) is 64.4 Å². The van der Waals surface area contributed by atoms with E-state index in [1.807, 2.05) is 53.9 Å². The number of carbonyl (C=O) groups excluding carboxylic acids is 1. The van der Waals surface area contributed by atoms with Gasteiger partial charge in [-0.2, -0.15) is 0 Å². The number of hydrogen-bond donors (Lipinski definition) is 1. The molecule has 0 saturated carbocycles. The number of carbonyl (C=O) groups is 1. The standard InChI is InChI=1S/C28H20ClNO4S3/c29-22-12-13-25(34-18-19-5-2-1-3-6-19)24(17-22)23-14-16-36-27(23)20-8-10-21(11-9-20)28(31)30-37(32,33)26-7-4-15-35-26/h1-17H,18H2,(H,30,31). The van der Waals surface area contributed by atoms with Gasteiger partial charge in [0.15, 0.2) is 0 Å². The molecule has 37 heavy (non-hydrogen) atoms. The highest BCUT2D eigenvalue weighted by Crippen LogP contribution is 2.42. The van der Waals surface area contributed by atoms with E-state index in [1.54, 1.807) is 53.1 Å². The minimum Gasteiger partial charge on any atom is -0.488 e. The molecule has 186 valence electrons. The minimum atomic E-state index is -3.90. The molecular weight excluding hydrogens is 546 g/mol. The number of halogens is 1. The lowest BCUT2D eigenvalue weighted by atomic mass is 10.0. The van der Waals surface area contributed by atoms with E-state index in [0.717, 1.165) is 38.5 Å². The van der Waals surface area contributed by atoms with Gasteiger partial charge in [0.25, 0.3) is 15.9 Å². The Kier molecular flexibility index (Phi) is 7.43. The molecule has 1 amide bonds. The average molecular weight is 566 g/mol. The van der Waals surface area contributed by atoms with E-state index in [-0.39, 0.29) is 9.77 Å². The van der Waals surface area contributed by atoms with Crippen LogP contribution in [0.2, 0.25) is 5.02 Å². The topological polar surface area (TPSA) is 72.5 Å². The summed E-state index contributed by atoms with van der Waals surface area (Å²) >= 11 is 8.96. The fourth-order valence-corrected chi connectivity index (χ4v) is 6.80. The van der Waals surface area contributed by atoms with Gasteiger partial charge in [-0.15, -0.1) is 22.7 Å². The Hall–Kier alpha value is -3.43. The van der Waals surface area contributed by atoms with Crippen LogP contribution in [-0.2, 0) is 16.6 Å². The molecule has 5 aromatic rings. The van der Waals surface area contributed by atoms with Crippen LogP contribution in [0.15, 0.2) is 106 Å². The van der Waals surface area contributed by atoms with Gasteiger partial charge in [0.1, 0.15) is 16.6 Å². The molecule has 0 atom stereocenters. The molecule has 0 saturated heterocycles. The molecule has 2 heterocycles. The fourth-order valence-electron chi connectivity index (χ4n) is 3.74. The van der Waals surface area contributed by atoms with Crippen LogP contribution in [-0.4, -0.2) is 14.3 Å². The molecule has 0 aliphatic heterocycles. The number of benzene rings is 3. The molecule has 0 fully saturated rings. The van der Waals surface area contributed by atoms with Crippen molar-refractivity contribution < 1.29 is 17.9 Å². The summed E-state index contributed by atoms with van der Waals surface area (Å²) in [6.45, 7) is 0.424. The van der Waals surface area contributed by atoms with Crippen molar-refractivity contribution >= 4 is 50.2 Å². The molecule has 3 aromatic carbocycles. The van der Waals surface area contributed by atoms with Crippen molar-refractivity contribution in [2.24, 2.45) is 0 Å². The van der Waals surface area contributed by atoms with E-state index in [4.69, 9.17) is 16.3 Å². The summed E-state index contributed by atoms with van der Waals surface area (Å²) in [6.07, 6.45) is 0. The van der Waals surface area contributed by atoms with Crippen LogP contribution in [0.25, 0.3) is 21.6 Å². The molecule has 1 N–H and O–H groups in total. The highest BCUT2D eigenvalue weighted by atomic mass is 35.5.